The van der Waals surface area contributed by atoms with Crippen molar-refractivity contribution in [2.24, 2.45) is 0 Å². The highest BCUT2D eigenvalue weighted by atomic mass is 32.2. The van der Waals surface area contributed by atoms with Crippen LogP contribution in [0.1, 0.15) is 22.7 Å². The van der Waals surface area contributed by atoms with Crippen LogP contribution in [0.4, 0.5) is 5.13 Å². The highest BCUT2D eigenvalue weighted by Crippen LogP contribution is 2.32. The Morgan fingerprint density at radius 2 is 1.77 bits per heavy atom. The smallest absolute Gasteiger partial charge is 0.183 e. The van der Waals surface area contributed by atoms with E-state index >= 15 is 0 Å². The molecular formula is C25H23N3S2. The highest BCUT2D eigenvalue weighted by molar-refractivity contribution is 8.03. The number of thioether (sulfide) groups is 1. The molecule has 1 aliphatic heterocycles. The van der Waals surface area contributed by atoms with E-state index in [9.17, 15) is 0 Å². The maximum atomic E-state index is 4.63. The third kappa shape index (κ3) is 4.53. The van der Waals surface area contributed by atoms with Crippen molar-refractivity contribution >= 4 is 44.5 Å². The number of hydrogen-bond acceptors (Lipinski definition) is 5. The summed E-state index contributed by atoms with van der Waals surface area (Å²) < 4.78 is 1.23. The average molecular weight is 430 g/mol. The van der Waals surface area contributed by atoms with Gasteiger partial charge in [-0.05, 0) is 41.3 Å². The number of nitrogens with zero attached hydrogens (tertiary/aromatic N) is 1. The minimum atomic E-state index is 0.398. The summed E-state index contributed by atoms with van der Waals surface area (Å²) in [4.78, 5) is 4.63. The maximum Gasteiger partial charge on any atom is 0.183 e. The summed E-state index contributed by atoms with van der Waals surface area (Å²) in [6.45, 7) is 0.885. The molecule has 5 heteroatoms. The second-order valence-corrected chi connectivity index (χ2v) is 9.42. The van der Waals surface area contributed by atoms with E-state index in [0.29, 0.717) is 6.04 Å². The Bertz CT molecular complexity index is 1120. The number of para-hydroxylation sites is 1. The van der Waals surface area contributed by atoms with Crippen LogP contribution < -0.4 is 10.6 Å². The van der Waals surface area contributed by atoms with E-state index in [-0.39, 0.29) is 0 Å². The summed E-state index contributed by atoms with van der Waals surface area (Å²) >= 11 is 3.60. The predicted molar refractivity (Wildman–Crippen MR) is 131 cm³/mol. The Morgan fingerprint density at radius 3 is 2.60 bits per heavy atom. The molecule has 3 aromatic carbocycles. The third-order valence-corrected chi connectivity index (χ3v) is 7.23. The number of anilines is 1. The molecule has 2 N–H and O–H groups in total. The van der Waals surface area contributed by atoms with Crippen LogP contribution >= 0.6 is 23.1 Å². The fraction of sp³-hybridized carbons (Fsp3) is 0.160. The lowest BCUT2D eigenvalue weighted by atomic mass is 10.1. The standard InChI is InChI=1S/C25H23N3S2/c1-2-6-20(7-3-1)22-17-29-24(27-22)16-19-12-10-18(11-13-19)14-15-26-25-28-21-8-4-5-9-23(21)30-25/h1-13,16,22,27H,14-15,17H2,(H,26,28)/b24-16-/t22-/m1/s1. The molecule has 150 valence electrons. The van der Waals surface area contributed by atoms with Crippen molar-refractivity contribution < 1.29 is 0 Å². The first-order valence-corrected chi connectivity index (χ1v) is 12.0. The van der Waals surface area contributed by atoms with E-state index in [4.69, 9.17) is 0 Å². The number of aromatic nitrogens is 1. The zero-order valence-electron chi connectivity index (χ0n) is 16.5. The van der Waals surface area contributed by atoms with Crippen LogP contribution in [0.2, 0.25) is 0 Å². The van der Waals surface area contributed by atoms with Crippen LogP contribution in [-0.2, 0) is 6.42 Å². The predicted octanol–water partition coefficient (Wildman–Crippen LogP) is 6.33. The molecule has 0 unspecified atom stereocenters. The lowest BCUT2D eigenvalue weighted by molar-refractivity contribution is 0.714. The van der Waals surface area contributed by atoms with Gasteiger partial charge in [0.15, 0.2) is 5.13 Å². The van der Waals surface area contributed by atoms with Crippen molar-refractivity contribution in [2.75, 3.05) is 17.6 Å². The van der Waals surface area contributed by atoms with E-state index in [1.54, 1.807) is 11.3 Å². The number of rotatable bonds is 6. The van der Waals surface area contributed by atoms with E-state index in [2.05, 4.69) is 94.5 Å². The SMILES string of the molecule is C(=C1\N[C@@H](c2ccccc2)CS1)/c1ccc(CCNc2nc3ccccc3s2)cc1. The Balaban J connectivity index is 1.15. The van der Waals surface area contributed by atoms with E-state index < -0.39 is 0 Å². The topological polar surface area (TPSA) is 37.0 Å². The van der Waals surface area contributed by atoms with Gasteiger partial charge in [0.2, 0.25) is 0 Å². The van der Waals surface area contributed by atoms with Crippen molar-refractivity contribution in [3.8, 4) is 0 Å². The quantitative estimate of drug-likeness (QED) is 0.376. The van der Waals surface area contributed by atoms with Crippen molar-refractivity contribution in [1.29, 1.82) is 0 Å². The minimum absolute atomic E-state index is 0.398. The number of thiazole rings is 1. The molecule has 0 aliphatic carbocycles. The van der Waals surface area contributed by atoms with Crippen LogP contribution in [0.15, 0.2) is 83.9 Å². The van der Waals surface area contributed by atoms with E-state index in [0.717, 1.165) is 29.4 Å². The first-order chi connectivity index (χ1) is 14.8. The van der Waals surface area contributed by atoms with Crippen molar-refractivity contribution in [3.63, 3.8) is 0 Å². The zero-order chi connectivity index (χ0) is 20.2. The molecule has 0 radical (unpaired) electrons. The van der Waals surface area contributed by atoms with Gasteiger partial charge in [0.05, 0.1) is 21.3 Å². The van der Waals surface area contributed by atoms with Gasteiger partial charge in [0.1, 0.15) is 0 Å². The number of benzene rings is 3. The molecule has 0 spiro atoms. The molecule has 1 aromatic heterocycles. The maximum absolute atomic E-state index is 4.63. The second kappa shape index (κ2) is 8.94. The summed E-state index contributed by atoms with van der Waals surface area (Å²) in [5.74, 6) is 1.07. The zero-order valence-corrected chi connectivity index (χ0v) is 18.2. The Labute approximate surface area is 185 Å². The molecule has 0 bridgehead atoms. The molecule has 0 saturated carbocycles. The fourth-order valence-electron chi connectivity index (χ4n) is 3.57. The average Bonchev–Trinajstić information content (AvgIpc) is 3.42. The first-order valence-electron chi connectivity index (χ1n) is 10.2. The second-order valence-electron chi connectivity index (χ2n) is 7.33. The molecule has 0 amide bonds. The lowest BCUT2D eigenvalue weighted by Gasteiger charge is -2.10. The van der Waals surface area contributed by atoms with Crippen molar-refractivity contribution in [1.82, 2.24) is 10.3 Å². The molecule has 1 saturated heterocycles. The third-order valence-electron chi connectivity index (χ3n) is 5.19. The van der Waals surface area contributed by atoms with Crippen LogP contribution in [0, 0.1) is 0 Å². The molecule has 1 fully saturated rings. The minimum Gasteiger partial charge on any atom is -0.372 e. The van der Waals surface area contributed by atoms with Crippen LogP contribution in [0.25, 0.3) is 16.3 Å². The molecular weight excluding hydrogens is 406 g/mol. The van der Waals surface area contributed by atoms with E-state index in [1.807, 2.05) is 17.8 Å². The number of fused-ring (bicyclic) bond motifs is 1. The van der Waals surface area contributed by atoms with Crippen LogP contribution in [0.3, 0.4) is 0 Å². The van der Waals surface area contributed by atoms with Gasteiger partial charge >= 0.3 is 0 Å². The van der Waals surface area contributed by atoms with Crippen molar-refractivity contribution in [2.45, 2.75) is 12.5 Å². The Kier molecular flexibility index (Phi) is 5.73. The summed E-state index contributed by atoms with van der Waals surface area (Å²) in [6.07, 6.45) is 3.23. The van der Waals surface area contributed by atoms with Crippen molar-refractivity contribution in [3.05, 3.63) is 101 Å². The first kappa shape index (κ1) is 19.2. The van der Waals surface area contributed by atoms with Gasteiger partial charge in [-0.3, -0.25) is 0 Å². The summed E-state index contributed by atoms with van der Waals surface area (Å²) in [7, 11) is 0. The number of nitrogens with one attached hydrogen (secondary N) is 2. The molecule has 2 heterocycles. The molecule has 30 heavy (non-hydrogen) atoms. The van der Waals surface area contributed by atoms with Gasteiger partial charge < -0.3 is 10.6 Å². The Hall–Kier alpha value is -2.76. The number of hydrogen-bond donors (Lipinski definition) is 2. The lowest BCUT2D eigenvalue weighted by Crippen LogP contribution is -2.13. The normalized spacial score (nSPS) is 17.3. The molecule has 4 aromatic rings. The monoisotopic (exact) mass is 429 g/mol. The summed E-state index contributed by atoms with van der Waals surface area (Å²) in [6, 6.07) is 28.2. The summed E-state index contributed by atoms with van der Waals surface area (Å²) in [5.41, 5.74) is 4.99. The van der Waals surface area contributed by atoms with Gasteiger partial charge in [0.25, 0.3) is 0 Å². The van der Waals surface area contributed by atoms with Gasteiger partial charge in [-0.1, -0.05) is 78.1 Å². The highest BCUT2D eigenvalue weighted by Gasteiger charge is 2.20. The molecule has 1 aliphatic rings. The molecule has 3 nitrogen and oxygen atoms in total. The van der Waals surface area contributed by atoms with Gasteiger partial charge in [0, 0.05) is 12.3 Å². The molecule has 1 atom stereocenters. The van der Waals surface area contributed by atoms with Gasteiger partial charge in [-0.25, -0.2) is 4.98 Å². The Morgan fingerprint density at radius 1 is 0.967 bits per heavy atom. The van der Waals surface area contributed by atoms with Crippen LogP contribution in [-0.4, -0.2) is 17.3 Å². The van der Waals surface area contributed by atoms with Gasteiger partial charge in [-0.15, -0.1) is 11.8 Å². The van der Waals surface area contributed by atoms with E-state index in [1.165, 1.54) is 26.4 Å². The summed E-state index contributed by atoms with van der Waals surface area (Å²) in [5, 5.41) is 9.34. The largest absolute Gasteiger partial charge is 0.372 e. The fourth-order valence-corrected chi connectivity index (χ4v) is 5.53. The van der Waals surface area contributed by atoms with Crippen LogP contribution in [0.5, 0.6) is 0 Å². The molecule has 5 rings (SSSR count). The van der Waals surface area contributed by atoms with Gasteiger partial charge in [-0.2, -0.15) is 0 Å².